The van der Waals surface area contributed by atoms with E-state index in [1.807, 2.05) is 35.2 Å². The predicted molar refractivity (Wildman–Crippen MR) is 111 cm³/mol. The number of likely N-dealkylation sites (tertiary alicyclic amines) is 1. The Labute approximate surface area is 175 Å². The fourth-order valence-corrected chi connectivity index (χ4v) is 4.31. The molecule has 0 saturated carbocycles. The number of aliphatic hydroxyl groups is 1. The standard InChI is InChI=1S/C22H28N4O4/c27-18-7-11-24(12-8-18)15-19-21(17-5-2-1-3-6-17)26(13-14-30-19)20(28)16-25-10-4-9-23-22(25)29/h1-6,9-10,18-19,21,27H,7-8,11-16H2/t19-,21-/m0/s1. The lowest BCUT2D eigenvalue weighted by molar-refractivity contribution is -0.149. The number of piperidine rings is 1. The van der Waals surface area contributed by atoms with Crippen LogP contribution in [0.3, 0.4) is 0 Å². The second-order valence-corrected chi connectivity index (χ2v) is 7.91. The van der Waals surface area contributed by atoms with Crippen LogP contribution < -0.4 is 5.69 Å². The van der Waals surface area contributed by atoms with E-state index in [1.165, 1.54) is 10.8 Å². The zero-order chi connectivity index (χ0) is 20.9. The molecule has 0 unspecified atom stereocenters. The molecule has 2 aromatic rings. The van der Waals surface area contributed by atoms with Crippen molar-refractivity contribution in [3.63, 3.8) is 0 Å². The van der Waals surface area contributed by atoms with Crippen molar-refractivity contribution in [3.05, 3.63) is 64.8 Å². The Kier molecular flexibility index (Phi) is 6.56. The van der Waals surface area contributed by atoms with Gasteiger partial charge in [-0.1, -0.05) is 30.3 Å². The number of ether oxygens (including phenoxy) is 1. The number of carbonyl (C=O) groups is 1. The van der Waals surface area contributed by atoms with Gasteiger partial charge in [0.05, 0.1) is 24.9 Å². The van der Waals surface area contributed by atoms with Crippen LogP contribution in [-0.4, -0.2) is 75.4 Å². The average molecular weight is 412 g/mol. The van der Waals surface area contributed by atoms with Gasteiger partial charge in [0.2, 0.25) is 5.91 Å². The molecule has 1 aromatic heterocycles. The van der Waals surface area contributed by atoms with Gasteiger partial charge in [-0.25, -0.2) is 9.78 Å². The van der Waals surface area contributed by atoms with Gasteiger partial charge < -0.3 is 19.6 Å². The number of hydrogen-bond acceptors (Lipinski definition) is 6. The summed E-state index contributed by atoms with van der Waals surface area (Å²) in [5.74, 6) is -0.124. The summed E-state index contributed by atoms with van der Waals surface area (Å²) in [6, 6.07) is 11.3. The fourth-order valence-electron chi connectivity index (χ4n) is 4.31. The summed E-state index contributed by atoms with van der Waals surface area (Å²) in [5, 5.41) is 9.80. The molecule has 0 spiro atoms. The SMILES string of the molecule is O=C(Cn1cccnc1=O)N1CCO[C@@H](CN2CCC(O)CC2)[C@@H]1c1ccccc1. The molecule has 2 fully saturated rings. The predicted octanol–water partition coefficient (Wildman–Crippen LogP) is 0.669. The maximum atomic E-state index is 13.2. The Bertz CT molecular complexity index is 895. The topological polar surface area (TPSA) is 87.9 Å². The number of amides is 1. The zero-order valence-electron chi connectivity index (χ0n) is 17.0. The molecule has 1 amide bonds. The molecule has 2 aliphatic heterocycles. The number of aliphatic hydroxyl groups excluding tert-OH is 1. The molecule has 0 radical (unpaired) electrons. The summed E-state index contributed by atoms with van der Waals surface area (Å²) >= 11 is 0. The molecule has 3 heterocycles. The molecular weight excluding hydrogens is 384 g/mol. The summed E-state index contributed by atoms with van der Waals surface area (Å²) in [5.41, 5.74) is 0.588. The number of hydrogen-bond donors (Lipinski definition) is 1. The molecule has 8 nitrogen and oxygen atoms in total. The lowest BCUT2D eigenvalue weighted by Crippen LogP contribution is -2.53. The highest BCUT2D eigenvalue weighted by Crippen LogP contribution is 2.31. The first kappa shape index (κ1) is 20.7. The van der Waals surface area contributed by atoms with Crippen LogP contribution in [0.5, 0.6) is 0 Å². The molecule has 1 N–H and O–H groups in total. The van der Waals surface area contributed by atoms with E-state index in [4.69, 9.17) is 4.74 Å². The number of morpholine rings is 1. The van der Waals surface area contributed by atoms with Gasteiger partial charge in [0.15, 0.2) is 0 Å². The van der Waals surface area contributed by atoms with Crippen LogP contribution in [0.1, 0.15) is 24.4 Å². The van der Waals surface area contributed by atoms with Crippen molar-refractivity contribution in [2.45, 2.75) is 37.6 Å². The van der Waals surface area contributed by atoms with Crippen LogP contribution in [0.25, 0.3) is 0 Å². The van der Waals surface area contributed by atoms with E-state index in [1.54, 1.807) is 12.3 Å². The second-order valence-electron chi connectivity index (χ2n) is 7.91. The second kappa shape index (κ2) is 9.51. The average Bonchev–Trinajstić information content (AvgIpc) is 2.77. The van der Waals surface area contributed by atoms with Crippen LogP contribution in [0.4, 0.5) is 0 Å². The number of rotatable bonds is 5. The van der Waals surface area contributed by atoms with Crippen molar-refractivity contribution in [1.29, 1.82) is 0 Å². The molecule has 30 heavy (non-hydrogen) atoms. The smallest absolute Gasteiger partial charge is 0.347 e. The lowest BCUT2D eigenvalue weighted by Gasteiger charge is -2.44. The highest BCUT2D eigenvalue weighted by molar-refractivity contribution is 5.76. The van der Waals surface area contributed by atoms with Crippen LogP contribution >= 0.6 is 0 Å². The summed E-state index contributed by atoms with van der Waals surface area (Å²) in [7, 11) is 0. The molecule has 0 aliphatic carbocycles. The Morgan fingerprint density at radius 1 is 1.13 bits per heavy atom. The van der Waals surface area contributed by atoms with Crippen LogP contribution in [0.15, 0.2) is 53.6 Å². The van der Waals surface area contributed by atoms with Crippen molar-refractivity contribution < 1.29 is 14.6 Å². The number of nitrogens with zero attached hydrogens (tertiary/aromatic N) is 4. The Morgan fingerprint density at radius 3 is 2.63 bits per heavy atom. The Morgan fingerprint density at radius 2 is 1.90 bits per heavy atom. The van der Waals surface area contributed by atoms with E-state index in [0.29, 0.717) is 19.7 Å². The van der Waals surface area contributed by atoms with Crippen molar-refractivity contribution in [2.24, 2.45) is 0 Å². The molecule has 4 rings (SSSR count). The maximum absolute atomic E-state index is 13.2. The summed E-state index contributed by atoms with van der Waals surface area (Å²) in [6.07, 6.45) is 4.13. The van der Waals surface area contributed by atoms with E-state index in [2.05, 4.69) is 9.88 Å². The van der Waals surface area contributed by atoms with Gasteiger partial charge >= 0.3 is 5.69 Å². The van der Waals surface area contributed by atoms with Crippen LogP contribution in [0, 0.1) is 0 Å². The van der Waals surface area contributed by atoms with E-state index in [-0.39, 0.29) is 30.7 Å². The molecule has 0 bridgehead atoms. The first-order chi connectivity index (χ1) is 14.6. The summed E-state index contributed by atoms with van der Waals surface area (Å²) in [4.78, 5) is 33.1. The van der Waals surface area contributed by atoms with E-state index < -0.39 is 5.69 Å². The minimum Gasteiger partial charge on any atom is -0.393 e. The fraction of sp³-hybridized carbons (Fsp3) is 0.500. The van der Waals surface area contributed by atoms with Gasteiger partial charge in [-0.3, -0.25) is 9.36 Å². The highest BCUT2D eigenvalue weighted by Gasteiger charge is 2.37. The Balaban J connectivity index is 1.56. The van der Waals surface area contributed by atoms with E-state index in [0.717, 1.165) is 31.5 Å². The van der Waals surface area contributed by atoms with Crippen molar-refractivity contribution in [1.82, 2.24) is 19.4 Å². The molecule has 1 aromatic carbocycles. The van der Waals surface area contributed by atoms with Crippen molar-refractivity contribution >= 4 is 5.91 Å². The van der Waals surface area contributed by atoms with Crippen LogP contribution in [-0.2, 0) is 16.1 Å². The lowest BCUT2D eigenvalue weighted by atomic mass is 9.96. The van der Waals surface area contributed by atoms with Gasteiger partial charge in [0.25, 0.3) is 0 Å². The third-order valence-corrected chi connectivity index (χ3v) is 5.90. The molecule has 8 heteroatoms. The third-order valence-electron chi connectivity index (χ3n) is 5.90. The van der Waals surface area contributed by atoms with Gasteiger partial charge in [0, 0.05) is 38.6 Å². The molecular formula is C22H28N4O4. The van der Waals surface area contributed by atoms with E-state index in [9.17, 15) is 14.7 Å². The summed E-state index contributed by atoms with van der Waals surface area (Å²) in [6.45, 7) is 3.23. The third kappa shape index (κ3) is 4.77. The monoisotopic (exact) mass is 412 g/mol. The minimum atomic E-state index is -0.432. The highest BCUT2D eigenvalue weighted by atomic mass is 16.5. The van der Waals surface area contributed by atoms with Crippen molar-refractivity contribution in [3.8, 4) is 0 Å². The molecule has 2 saturated heterocycles. The largest absolute Gasteiger partial charge is 0.393 e. The molecule has 2 aliphatic rings. The van der Waals surface area contributed by atoms with Gasteiger partial charge in [-0.05, 0) is 24.5 Å². The summed E-state index contributed by atoms with van der Waals surface area (Å²) < 4.78 is 7.48. The number of aromatic nitrogens is 2. The maximum Gasteiger partial charge on any atom is 0.347 e. The number of carbonyl (C=O) groups excluding carboxylic acids is 1. The van der Waals surface area contributed by atoms with Crippen molar-refractivity contribution in [2.75, 3.05) is 32.8 Å². The van der Waals surface area contributed by atoms with Gasteiger partial charge in [-0.2, -0.15) is 0 Å². The van der Waals surface area contributed by atoms with Gasteiger partial charge in [0.1, 0.15) is 6.54 Å². The first-order valence-electron chi connectivity index (χ1n) is 10.5. The Hall–Kier alpha value is -2.55. The molecule has 2 atom stereocenters. The first-order valence-corrected chi connectivity index (χ1v) is 10.5. The van der Waals surface area contributed by atoms with E-state index >= 15 is 0 Å². The number of benzene rings is 1. The van der Waals surface area contributed by atoms with Crippen LogP contribution in [0.2, 0.25) is 0 Å². The quantitative estimate of drug-likeness (QED) is 0.777. The molecule has 160 valence electrons. The normalized spacial score (nSPS) is 23.4. The van der Waals surface area contributed by atoms with Gasteiger partial charge in [-0.15, -0.1) is 0 Å². The minimum absolute atomic E-state index is 0.0430. The zero-order valence-corrected chi connectivity index (χ0v) is 17.0.